The van der Waals surface area contributed by atoms with Crippen LogP contribution in [-0.2, 0) is 15.9 Å². The molecule has 2 aromatic heterocycles. The molecule has 4 atom stereocenters. The molecule has 4 heterocycles. The van der Waals surface area contributed by atoms with Gasteiger partial charge in [-0.3, -0.25) is 0 Å². The topological polar surface area (TPSA) is 89.5 Å². The fourth-order valence-corrected chi connectivity index (χ4v) is 3.21. The molecule has 22 heavy (non-hydrogen) atoms. The molecular formula is C14H16ClN3O4. The summed E-state index contributed by atoms with van der Waals surface area (Å²) in [6.07, 6.45) is -0.755. The lowest BCUT2D eigenvalue weighted by atomic mass is 10.1. The van der Waals surface area contributed by atoms with Crippen LogP contribution in [0.15, 0.2) is 6.07 Å². The first kappa shape index (κ1) is 14.2. The molecule has 4 rings (SSSR count). The average molecular weight is 326 g/mol. The van der Waals surface area contributed by atoms with Crippen molar-refractivity contribution >= 4 is 22.8 Å². The Hall–Kier alpha value is -1.41. The van der Waals surface area contributed by atoms with Crippen molar-refractivity contribution in [1.29, 1.82) is 0 Å². The molecule has 0 bridgehead atoms. The van der Waals surface area contributed by atoms with Gasteiger partial charge in [-0.25, -0.2) is 4.98 Å². The molecule has 0 aromatic carbocycles. The van der Waals surface area contributed by atoms with Crippen LogP contribution in [-0.4, -0.2) is 57.7 Å². The van der Waals surface area contributed by atoms with Crippen molar-refractivity contribution in [3.05, 3.63) is 16.8 Å². The van der Waals surface area contributed by atoms with Gasteiger partial charge in [0.15, 0.2) is 11.8 Å². The van der Waals surface area contributed by atoms with Gasteiger partial charge in [-0.05, 0) is 12.5 Å². The third-order valence-corrected chi connectivity index (χ3v) is 4.38. The minimum absolute atomic E-state index is 0.270. The maximum absolute atomic E-state index is 9.73. The summed E-state index contributed by atoms with van der Waals surface area (Å²) in [4.78, 5) is 11.8. The number of aromatic nitrogens is 3. The second kappa shape index (κ2) is 5.34. The van der Waals surface area contributed by atoms with E-state index in [1.54, 1.807) is 6.07 Å². The molecule has 8 heteroatoms. The third-order valence-electron chi connectivity index (χ3n) is 4.06. The molecule has 0 aliphatic carbocycles. The van der Waals surface area contributed by atoms with E-state index in [0.717, 1.165) is 17.6 Å². The number of pyridine rings is 1. The second-order valence-corrected chi connectivity index (χ2v) is 5.91. The molecular weight excluding hydrogens is 310 g/mol. The molecule has 2 aliphatic heterocycles. The lowest BCUT2D eigenvalue weighted by molar-refractivity contribution is 0.00706. The van der Waals surface area contributed by atoms with E-state index >= 15 is 0 Å². The third kappa shape index (κ3) is 2.25. The van der Waals surface area contributed by atoms with Crippen LogP contribution < -0.4 is 4.74 Å². The molecule has 0 amide bonds. The highest BCUT2D eigenvalue weighted by atomic mass is 35.5. The zero-order chi connectivity index (χ0) is 15.3. The van der Waals surface area contributed by atoms with E-state index in [1.807, 2.05) is 6.92 Å². The van der Waals surface area contributed by atoms with Crippen LogP contribution in [0.3, 0.4) is 0 Å². The Morgan fingerprint density at radius 2 is 2.18 bits per heavy atom. The number of H-pyrrole nitrogens is 1. The molecule has 2 aliphatic rings. The Balaban J connectivity index is 1.57. The predicted molar refractivity (Wildman–Crippen MR) is 78.2 cm³/mol. The zero-order valence-corrected chi connectivity index (χ0v) is 12.7. The number of nitrogens with one attached hydrogen (secondary N) is 1. The van der Waals surface area contributed by atoms with Crippen LogP contribution in [0.2, 0.25) is 5.02 Å². The summed E-state index contributed by atoms with van der Waals surface area (Å²) in [6, 6.07) is 2.15. The SMILES string of the molecule is CCc1nc2nc(OC3COC4C(O)COC34)[nH]c2cc1Cl. The van der Waals surface area contributed by atoms with Crippen molar-refractivity contribution in [1.82, 2.24) is 15.0 Å². The number of aryl methyl sites for hydroxylation is 1. The van der Waals surface area contributed by atoms with E-state index in [-0.39, 0.29) is 24.9 Å². The van der Waals surface area contributed by atoms with Gasteiger partial charge in [-0.1, -0.05) is 18.5 Å². The summed E-state index contributed by atoms with van der Waals surface area (Å²) in [5.74, 6) is 0. The zero-order valence-electron chi connectivity index (χ0n) is 12.0. The normalized spacial score (nSPS) is 30.9. The van der Waals surface area contributed by atoms with Gasteiger partial charge in [0.1, 0.15) is 18.3 Å². The molecule has 2 saturated heterocycles. The largest absolute Gasteiger partial charge is 0.456 e. The van der Waals surface area contributed by atoms with Gasteiger partial charge in [0.25, 0.3) is 6.01 Å². The highest BCUT2D eigenvalue weighted by Gasteiger charge is 2.48. The summed E-state index contributed by atoms with van der Waals surface area (Å²) in [7, 11) is 0. The Bertz CT molecular complexity index is 707. The molecule has 7 nitrogen and oxygen atoms in total. The number of ether oxygens (including phenoxy) is 3. The smallest absolute Gasteiger partial charge is 0.296 e. The van der Waals surface area contributed by atoms with Crippen LogP contribution in [0.5, 0.6) is 6.01 Å². The summed E-state index contributed by atoms with van der Waals surface area (Å²) in [6.45, 7) is 2.62. The van der Waals surface area contributed by atoms with E-state index < -0.39 is 6.10 Å². The number of nitrogens with zero attached hydrogens (tertiary/aromatic N) is 2. The van der Waals surface area contributed by atoms with E-state index in [9.17, 15) is 5.11 Å². The molecule has 4 unspecified atom stereocenters. The predicted octanol–water partition coefficient (Wildman–Crippen LogP) is 1.08. The Kier molecular flexibility index (Phi) is 3.45. The van der Waals surface area contributed by atoms with E-state index in [4.69, 9.17) is 25.8 Å². The summed E-state index contributed by atoms with van der Waals surface area (Å²) < 4.78 is 16.9. The van der Waals surface area contributed by atoms with Crippen LogP contribution in [0, 0.1) is 0 Å². The van der Waals surface area contributed by atoms with Crippen molar-refractivity contribution in [2.45, 2.75) is 37.8 Å². The number of fused-ring (bicyclic) bond motifs is 2. The van der Waals surface area contributed by atoms with E-state index in [2.05, 4.69) is 15.0 Å². The molecule has 2 aromatic rings. The van der Waals surface area contributed by atoms with Gasteiger partial charge in [-0.2, -0.15) is 4.98 Å². The first-order chi connectivity index (χ1) is 10.7. The fraction of sp³-hybridized carbons (Fsp3) is 0.571. The Labute approximate surface area is 131 Å². The number of hydrogen-bond acceptors (Lipinski definition) is 6. The monoisotopic (exact) mass is 325 g/mol. The van der Waals surface area contributed by atoms with Crippen molar-refractivity contribution in [2.24, 2.45) is 0 Å². The quantitative estimate of drug-likeness (QED) is 0.877. The standard InChI is InChI=1S/C14H16ClN3O4/c1-2-7-6(15)3-8-13(16-7)18-14(17-8)22-10-5-21-11-9(19)4-20-12(10)11/h3,9-12,19H,2,4-5H2,1H3,(H,16,17,18). The van der Waals surface area contributed by atoms with Gasteiger partial charge in [-0.15, -0.1) is 0 Å². The van der Waals surface area contributed by atoms with Gasteiger partial charge < -0.3 is 24.3 Å². The Morgan fingerprint density at radius 1 is 1.36 bits per heavy atom. The Morgan fingerprint density at radius 3 is 3.00 bits per heavy atom. The van der Waals surface area contributed by atoms with Gasteiger partial charge in [0.2, 0.25) is 0 Å². The van der Waals surface area contributed by atoms with Gasteiger partial charge >= 0.3 is 0 Å². The van der Waals surface area contributed by atoms with Crippen LogP contribution in [0.4, 0.5) is 0 Å². The number of rotatable bonds is 3. The number of aromatic amines is 1. The van der Waals surface area contributed by atoms with Crippen molar-refractivity contribution < 1.29 is 19.3 Å². The van der Waals surface area contributed by atoms with Crippen molar-refractivity contribution in [3.8, 4) is 6.01 Å². The second-order valence-electron chi connectivity index (χ2n) is 5.50. The minimum Gasteiger partial charge on any atom is -0.456 e. The number of aliphatic hydroxyl groups excluding tert-OH is 1. The molecule has 0 spiro atoms. The molecule has 0 saturated carbocycles. The average Bonchev–Trinajstić information content (AvgIpc) is 3.16. The van der Waals surface area contributed by atoms with Crippen molar-refractivity contribution in [3.63, 3.8) is 0 Å². The maximum Gasteiger partial charge on any atom is 0.296 e. The molecule has 2 fully saturated rings. The number of imidazole rings is 1. The van der Waals surface area contributed by atoms with E-state index in [0.29, 0.717) is 23.3 Å². The number of halogens is 1. The van der Waals surface area contributed by atoms with Crippen molar-refractivity contribution in [2.75, 3.05) is 13.2 Å². The number of hydrogen-bond donors (Lipinski definition) is 2. The summed E-state index contributed by atoms with van der Waals surface area (Å²) in [5.41, 5.74) is 2.10. The fourth-order valence-electron chi connectivity index (χ4n) is 2.92. The lowest BCUT2D eigenvalue weighted by Gasteiger charge is -2.15. The highest BCUT2D eigenvalue weighted by Crippen LogP contribution is 2.30. The maximum atomic E-state index is 9.73. The minimum atomic E-state index is -0.596. The van der Waals surface area contributed by atoms with Crippen LogP contribution in [0.25, 0.3) is 11.2 Å². The summed E-state index contributed by atoms with van der Waals surface area (Å²) in [5, 5.41) is 10.3. The van der Waals surface area contributed by atoms with Gasteiger partial charge in [0.05, 0.1) is 29.4 Å². The summed E-state index contributed by atoms with van der Waals surface area (Å²) >= 11 is 6.15. The molecule has 118 valence electrons. The van der Waals surface area contributed by atoms with Crippen LogP contribution in [0.1, 0.15) is 12.6 Å². The van der Waals surface area contributed by atoms with Gasteiger partial charge in [0, 0.05) is 0 Å². The highest BCUT2D eigenvalue weighted by molar-refractivity contribution is 6.31. The first-order valence-corrected chi connectivity index (χ1v) is 7.66. The first-order valence-electron chi connectivity index (χ1n) is 7.28. The molecule has 0 radical (unpaired) electrons. The lowest BCUT2D eigenvalue weighted by Crippen LogP contribution is -2.34. The number of aliphatic hydroxyl groups is 1. The molecule has 2 N–H and O–H groups in total. The van der Waals surface area contributed by atoms with E-state index in [1.165, 1.54) is 0 Å². The van der Waals surface area contributed by atoms with Crippen LogP contribution >= 0.6 is 11.6 Å².